The van der Waals surface area contributed by atoms with Crippen LogP contribution in [-0.2, 0) is 4.79 Å². The minimum Gasteiger partial charge on any atom is -0.497 e. The highest BCUT2D eigenvalue weighted by Crippen LogP contribution is 2.68. The smallest absolute Gasteiger partial charge is 0.141 e. The van der Waals surface area contributed by atoms with E-state index >= 15 is 0 Å². The fraction of sp³-hybridized carbons (Fsp3) is 0.632. The van der Waals surface area contributed by atoms with Crippen LogP contribution < -0.4 is 4.74 Å². The molecule has 0 spiro atoms. The third-order valence-electron chi connectivity index (χ3n) is 5.39. The van der Waals surface area contributed by atoms with E-state index in [1.165, 1.54) is 0 Å². The molecule has 21 heavy (non-hydrogen) atoms. The molecule has 0 heterocycles. The maximum Gasteiger partial charge on any atom is 0.141 e. The predicted octanol–water partition coefficient (Wildman–Crippen LogP) is 4.83. The highest BCUT2D eigenvalue weighted by molar-refractivity contribution is 5.94. The monoisotopic (exact) mass is 288 g/mol. The standard InChI is InChI=1S/C19H28O2/c1-17(2,3)19(18(4,5)6)12-15(20)16(19)13-8-10-14(21-7)11-9-13/h8-11,16H,12H2,1-7H3. The van der Waals surface area contributed by atoms with Crippen LogP contribution in [0.4, 0.5) is 0 Å². The molecule has 1 aromatic carbocycles. The number of methoxy groups -OCH3 is 1. The Hall–Kier alpha value is -1.31. The summed E-state index contributed by atoms with van der Waals surface area (Å²) < 4.78 is 5.23. The Morgan fingerprint density at radius 2 is 1.48 bits per heavy atom. The number of carbonyl (C=O) groups excluding carboxylic acids is 1. The highest BCUT2D eigenvalue weighted by atomic mass is 16.5. The van der Waals surface area contributed by atoms with Crippen LogP contribution in [0.15, 0.2) is 24.3 Å². The third kappa shape index (κ3) is 2.29. The number of carbonyl (C=O) groups is 1. The molecule has 0 bridgehead atoms. The molecule has 1 unspecified atom stereocenters. The van der Waals surface area contributed by atoms with E-state index in [1.54, 1.807) is 7.11 Å². The SMILES string of the molecule is COc1ccc(C2C(=O)CC2(C(C)(C)C)C(C)(C)C)cc1. The molecule has 0 radical (unpaired) electrons. The molecule has 1 saturated carbocycles. The average molecular weight is 288 g/mol. The lowest BCUT2D eigenvalue weighted by Crippen LogP contribution is -2.61. The lowest BCUT2D eigenvalue weighted by atomic mass is 9.39. The molecule has 1 aromatic rings. The molecular weight excluding hydrogens is 260 g/mol. The molecule has 0 N–H and O–H groups in total. The van der Waals surface area contributed by atoms with Gasteiger partial charge in [-0.2, -0.15) is 0 Å². The molecule has 0 saturated heterocycles. The van der Waals surface area contributed by atoms with Crippen molar-refractivity contribution in [1.82, 2.24) is 0 Å². The maximum atomic E-state index is 12.5. The fourth-order valence-electron chi connectivity index (χ4n) is 4.41. The number of benzene rings is 1. The van der Waals surface area contributed by atoms with E-state index < -0.39 is 0 Å². The number of hydrogen-bond donors (Lipinski definition) is 0. The third-order valence-corrected chi connectivity index (χ3v) is 5.39. The van der Waals surface area contributed by atoms with Gasteiger partial charge in [0.1, 0.15) is 11.5 Å². The molecular formula is C19H28O2. The first kappa shape index (κ1) is 16.1. The Bertz CT molecular complexity index is 512. The minimum atomic E-state index is -0.0107. The second kappa shape index (κ2) is 4.86. The van der Waals surface area contributed by atoms with Crippen LogP contribution in [0.5, 0.6) is 5.75 Å². The molecule has 116 valence electrons. The zero-order valence-corrected chi connectivity index (χ0v) is 14.4. The molecule has 0 aliphatic heterocycles. The largest absolute Gasteiger partial charge is 0.497 e. The molecule has 1 fully saturated rings. The van der Waals surface area contributed by atoms with E-state index in [4.69, 9.17) is 4.74 Å². The Morgan fingerprint density at radius 3 is 1.81 bits per heavy atom. The summed E-state index contributed by atoms with van der Waals surface area (Å²) in [7, 11) is 1.66. The van der Waals surface area contributed by atoms with Crippen molar-refractivity contribution in [2.75, 3.05) is 7.11 Å². The highest BCUT2D eigenvalue weighted by Gasteiger charge is 2.65. The minimum absolute atomic E-state index is 0.00826. The predicted molar refractivity (Wildman–Crippen MR) is 86.7 cm³/mol. The second-order valence-corrected chi connectivity index (χ2v) is 8.32. The number of hydrogen-bond acceptors (Lipinski definition) is 2. The van der Waals surface area contributed by atoms with Gasteiger partial charge in [0.25, 0.3) is 0 Å². The summed E-state index contributed by atoms with van der Waals surface area (Å²) in [4.78, 5) is 12.5. The molecule has 1 aliphatic rings. The van der Waals surface area contributed by atoms with Crippen molar-refractivity contribution in [3.05, 3.63) is 29.8 Å². The quantitative estimate of drug-likeness (QED) is 0.779. The summed E-state index contributed by atoms with van der Waals surface area (Å²) in [5, 5.41) is 0. The van der Waals surface area contributed by atoms with Crippen molar-refractivity contribution in [3.8, 4) is 5.75 Å². The second-order valence-electron chi connectivity index (χ2n) is 8.32. The van der Waals surface area contributed by atoms with Crippen LogP contribution in [0.3, 0.4) is 0 Å². The zero-order valence-electron chi connectivity index (χ0n) is 14.4. The van der Waals surface area contributed by atoms with Crippen molar-refractivity contribution >= 4 is 5.78 Å². The van der Waals surface area contributed by atoms with E-state index in [0.717, 1.165) is 11.3 Å². The van der Waals surface area contributed by atoms with Crippen molar-refractivity contribution in [3.63, 3.8) is 0 Å². The number of ether oxygens (including phenoxy) is 1. The van der Waals surface area contributed by atoms with E-state index in [2.05, 4.69) is 41.5 Å². The first-order valence-electron chi connectivity index (χ1n) is 7.71. The summed E-state index contributed by atoms with van der Waals surface area (Å²) in [6.45, 7) is 13.6. The summed E-state index contributed by atoms with van der Waals surface area (Å²) in [6.07, 6.45) is 0.677. The van der Waals surface area contributed by atoms with Gasteiger partial charge in [-0.05, 0) is 28.5 Å². The van der Waals surface area contributed by atoms with Gasteiger partial charge in [-0.3, -0.25) is 4.79 Å². The Balaban J connectivity index is 2.51. The average Bonchev–Trinajstić information content (AvgIpc) is 2.33. The normalized spacial score (nSPS) is 21.9. The first-order chi connectivity index (χ1) is 9.54. The molecule has 0 aromatic heterocycles. The van der Waals surface area contributed by atoms with Gasteiger partial charge in [-0.25, -0.2) is 0 Å². The Kier molecular flexibility index (Phi) is 3.72. The number of rotatable bonds is 2. The maximum absolute atomic E-state index is 12.5. The van der Waals surface area contributed by atoms with Gasteiger partial charge in [0.05, 0.1) is 7.11 Å². The molecule has 2 nitrogen and oxygen atoms in total. The van der Waals surface area contributed by atoms with Gasteiger partial charge >= 0.3 is 0 Å². The van der Waals surface area contributed by atoms with Gasteiger partial charge in [-0.1, -0.05) is 53.7 Å². The van der Waals surface area contributed by atoms with Gasteiger partial charge in [0.2, 0.25) is 0 Å². The van der Waals surface area contributed by atoms with Crippen molar-refractivity contribution in [2.24, 2.45) is 16.2 Å². The van der Waals surface area contributed by atoms with Crippen LogP contribution >= 0.6 is 0 Å². The van der Waals surface area contributed by atoms with E-state index in [9.17, 15) is 4.79 Å². The van der Waals surface area contributed by atoms with Crippen LogP contribution in [0.1, 0.15) is 59.4 Å². The van der Waals surface area contributed by atoms with E-state index in [1.807, 2.05) is 24.3 Å². The van der Waals surface area contributed by atoms with Crippen LogP contribution in [-0.4, -0.2) is 12.9 Å². The topological polar surface area (TPSA) is 26.3 Å². The van der Waals surface area contributed by atoms with Crippen molar-refractivity contribution in [1.29, 1.82) is 0 Å². The molecule has 1 atom stereocenters. The van der Waals surface area contributed by atoms with Gasteiger partial charge in [0, 0.05) is 17.8 Å². The Morgan fingerprint density at radius 1 is 1.00 bits per heavy atom. The summed E-state index contributed by atoms with van der Waals surface area (Å²) >= 11 is 0. The van der Waals surface area contributed by atoms with Crippen LogP contribution in [0.25, 0.3) is 0 Å². The number of ketones is 1. The zero-order chi connectivity index (χ0) is 16.1. The summed E-state index contributed by atoms with van der Waals surface area (Å²) in [5.41, 5.74) is 1.26. The summed E-state index contributed by atoms with van der Waals surface area (Å²) in [5.74, 6) is 1.19. The van der Waals surface area contributed by atoms with Gasteiger partial charge in [-0.15, -0.1) is 0 Å². The molecule has 0 amide bonds. The lowest BCUT2D eigenvalue weighted by Gasteiger charge is -2.63. The van der Waals surface area contributed by atoms with Crippen molar-refractivity contribution in [2.45, 2.75) is 53.9 Å². The lowest BCUT2D eigenvalue weighted by molar-refractivity contribution is -0.164. The molecule has 2 rings (SSSR count). The first-order valence-corrected chi connectivity index (χ1v) is 7.71. The van der Waals surface area contributed by atoms with Gasteiger partial charge in [0.15, 0.2) is 0 Å². The molecule has 2 heteroatoms. The van der Waals surface area contributed by atoms with Crippen LogP contribution in [0.2, 0.25) is 0 Å². The fourth-order valence-corrected chi connectivity index (χ4v) is 4.41. The van der Waals surface area contributed by atoms with Gasteiger partial charge < -0.3 is 4.74 Å². The van der Waals surface area contributed by atoms with Crippen LogP contribution in [0, 0.1) is 16.2 Å². The van der Waals surface area contributed by atoms with E-state index in [-0.39, 0.29) is 22.2 Å². The van der Waals surface area contributed by atoms with E-state index in [0.29, 0.717) is 12.2 Å². The number of Topliss-reactive ketones (excluding diaryl/α,β-unsaturated/α-hetero) is 1. The Labute approximate surface area is 128 Å². The van der Waals surface area contributed by atoms with Crippen molar-refractivity contribution < 1.29 is 9.53 Å². The summed E-state index contributed by atoms with van der Waals surface area (Å²) in [6, 6.07) is 8.01. The molecule has 1 aliphatic carbocycles.